The van der Waals surface area contributed by atoms with Crippen LogP contribution in [-0.4, -0.2) is 92.5 Å². The number of carbonyl (C=O) groups is 1. The van der Waals surface area contributed by atoms with Crippen molar-refractivity contribution in [1.29, 1.82) is 0 Å². The molecular weight excluding hydrogens is 552 g/mol. The molecule has 0 bridgehead atoms. The number of carboxylic acid groups (broad SMARTS) is 1. The summed E-state index contributed by atoms with van der Waals surface area (Å²) in [4.78, 5) is 28.1. The number of halogens is 3. The van der Waals surface area contributed by atoms with Crippen LogP contribution in [0, 0.1) is 0 Å². The SMILES string of the molecule is C[C@@H]1N(c2cc(Cl)cnc2O[C@H]2C[C@@H](C(=O)O)N(c3cc(-n4cccn4)nc(C(F)F)n3)C2)CCOC12COC2. The van der Waals surface area contributed by atoms with Crippen LogP contribution in [-0.2, 0) is 14.3 Å². The van der Waals surface area contributed by atoms with Crippen LogP contribution in [0.1, 0.15) is 25.6 Å². The summed E-state index contributed by atoms with van der Waals surface area (Å²) in [6, 6.07) is 3.67. The van der Waals surface area contributed by atoms with Crippen LogP contribution in [0.5, 0.6) is 5.88 Å². The van der Waals surface area contributed by atoms with Crippen molar-refractivity contribution in [2.75, 3.05) is 42.7 Å². The predicted molar refractivity (Wildman–Crippen MR) is 137 cm³/mol. The third-order valence-electron chi connectivity index (χ3n) is 7.52. The van der Waals surface area contributed by atoms with Crippen LogP contribution in [0.2, 0.25) is 5.02 Å². The monoisotopic (exact) mass is 577 g/mol. The minimum Gasteiger partial charge on any atom is -0.480 e. The lowest BCUT2D eigenvalue weighted by Gasteiger charge is -2.53. The van der Waals surface area contributed by atoms with Gasteiger partial charge in [0.25, 0.3) is 6.43 Å². The zero-order chi connectivity index (χ0) is 28.0. The molecular formula is C25H26ClF2N7O5. The van der Waals surface area contributed by atoms with Gasteiger partial charge in [-0.3, -0.25) is 0 Å². The Morgan fingerprint density at radius 1 is 1.25 bits per heavy atom. The summed E-state index contributed by atoms with van der Waals surface area (Å²) in [6.07, 6.45) is 0.962. The molecule has 212 valence electrons. The molecule has 12 nitrogen and oxygen atoms in total. The number of alkyl halides is 2. The van der Waals surface area contributed by atoms with Crippen LogP contribution < -0.4 is 14.5 Å². The lowest BCUT2D eigenvalue weighted by atomic mass is 9.90. The van der Waals surface area contributed by atoms with E-state index in [0.29, 0.717) is 37.1 Å². The van der Waals surface area contributed by atoms with Gasteiger partial charge < -0.3 is 29.1 Å². The number of rotatable bonds is 7. The molecule has 1 N–H and O–H groups in total. The van der Waals surface area contributed by atoms with E-state index in [1.165, 1.54) is 28.0 Å². The largest absolute Gasteiger partial charge is 0.480 e. The van der Waals surface area contributed by atoms with E-state index in [2.05, 4.69) is 25.0 Å². The first-order valence-corrected chi connectivity index (χ1v) is 13.1. The summed E-state index contributed by atoms with van der Waals surface area (Å²) >= 11 is 6.32. The van der Waals surface area contributed by atoms with E-state index in [0.717, 1.165) is 0 Å². The topological polar surface area (TPSA) is 128 Å². The third kappa shape index (κ3) is 4.80. The molecule has 0 aliphatic carbocycles. The molecule has 1 spiro atoms. The average molecular weight is 578 g/mol. The number of aliphatic carboxylic acids is 1. The molecule has 6 rings (SSSR count). The summed E-state index contributed by atoms with van der Waals surface area (Å²) < 4.78 is 46.4. The van der Waals surface area contributed by atoms with E-state index < -0.39 is 36.0 Å². The van der Waals surface area contributed by atoms with Gasteiger partial charge in [-0.25, -0.2) is 33.2 Å². The number of hydrogen-bond donors (Lipinski definition) is 1. The smallest absolute Gasteiger partial charge is 0.326 e. The van der Waals surface area contributed by atoms with Crippen molar-refractivity contribution in [1.82, 2.24) is 24.7 Å². The van der Waals surface area contributed by atoms with Gasteiger partial charge in [-0.2, -0.15) is 5.10 Å². The second-order valence-corrected chi connectivity index (χ2v) is 10.4. The fourth-order valence-electron chi connectivity index (χ4n) is 5.35. The lowest BCUT2D eigenvalue weighted by molar-refractivity contribution is -0.228. The van der Waals surface area contributed by atoms with Gasteiger partial charge in [0.05, 0.1) is 37.4 Å². The maximum absolute atomic E-state index is 13.7. The van der Waals surface area contributed by atoms with Gasteiger partial charge in [-0.15, -0.1) is 0 Å². The molecule has 3 saturated heterocycles. The van der Waals surface area contributed by atoms with Crippen LogP contribution in [0.4, 0.5) is 20.3 Å². The Labute approximate surface area is 232 Å². The van der Waals surface area contributed by atoms with Gasteiger partial charge in [0, 0.05) is 37.6 Å². The maximum atomic E-state index is 13.7. The van der Waals surface area contributed by atoms with Crippen LogP contribution in [0.15, 0.2) is 36.8 Å². The maximum Gasteiger partial charge on any atom is 0.326 e. The van der Waals surface area contributed by atoms with Gasteiger partial charge in [-0.1, -0.05) is 11.6 Å². The van der Waals surface area contributed by atoms with Crippen molar-refractivity contribution in [2.24, 2.45) is 0 Å². The number of ether oxygens (including phenoxy) is 3. The number of aromatic nitrogens is 5. The molecule has 3 atom stereocenters. The average Bonchev–Trinajstić information content (AvgIpc) is 3.60. The normalized spacial score (nSPS) is 24.0. The van der Waals surface area contributed by atoms with Gasteiger partial charge in [0.1, 0.15) is 29.3 Å². The van der Waals surface area contributed by atoms with E-state index in [1.54, 1.807) is 18.3 Å². The van der Waals surface area contributed by atoms with E-state index in [4.69, 9.17) is 25.8 Å². The van der Waals surface area contributed by atoms with E-state index in [1.807, 2.05) is 6.92 Å². The molecule has 3 fully saturated rings. The second kappa shape index (κ2) is 10.4. The highest BCUT2D eigenvalue weighted by molar-refractivity contribution is 6.30. The standard InChI is InChI=1S/C25H26ClF2N7O5/c1-14-25(12-38-13-25)39-6-5-33(14)17-7-15(26)10-29-23(17)40-16-8-18(24(36)37)34(11-16)19-9-20(35-4-2-3-30-35)32-22(31-19)21(27)28/h2-4,7,9-10,14,16,18,21H,5-6,8,11-13H2,1H3,(H,36,37)/t14-,16-,18-/m0/s1. The van der Waals surface area contributed by atoms with E-state index >= 15 is 0 Å². The number of carboxylic acids is 1. The summed E-state index contributed by atoms with van der Waals surface area (Å²) in [5.74, 6) is -1.45. The molecule has 0 amide bonds. The first-order valence-electron chi connectivity index (χ1n) is 12.7. The minimum absolute atomic E-state index is 0.0346. The molecule has 6 heterocycles. The Balaban J connectivity index is 1.29. The van der Waals surface area contributed by atoms with E-state index in [-0.39, 0.29) is 36.5 Å². The molecule has 0 aromatic carbocycles. The molecule has 3 aliphatic rings. The summed E-state index contributed by atoms with van der Waals surface area (Å²) in [5.41, 5.74) is 0.223. The molecule has 3 aromatic rings. The molecule has 0 saturated carbocycles. The Hall–Kier alpha value is -3.62. The summed E-state index contributed by atoms with van der Waals surface area (Å²) in [5, 5.41) is 14.5. The van der Waals surface area contributed by atoms with Crippen molar-refractivity contribution < 1.29 is 32.9 Å². The first-order chi connectivity index (χ1) is 19.2. The third-order valence-corrected chi connectivity index (χ3v) is 7.73. The Morgan fingerprint density at radius 3 is 2.73 bits per heavy atom. The molecule has 40 heavy (non-hydrogen) atoms. The van der Waals surface area contributed by atoms with Crippen molar-refractivity contribution in [3.63, 3.8) is 0 Å². The van der Waals surface area contributed by atoms with Crippen molar-refractivity contribution in [3.05, 3.63) is 47.6 Å². The van der Waals surface area contributed by atoms with Crippen molar-refractivity contribution in [3.8, 4) is 11.7 Å². The molecule has 15 heteroatoms. The number of anilines is 2. The molecule has 0 radical (unpaired) electrons. The zero-order valence-electron chi connectivity index (χ0n) is 21.4. The number of hydrogen-bond acceptors (Lipinski definition) is 10. The quantitative estimate of drug-likeness (QED) is 0.445. The Morgan fingerprint density at radius 2 is 2.05 bits per heavy atom. The zero-order valence-corrected chi connectivity index (χ0v) is 22.1. The van der Waals surface area contributed by atoms with Gasteiger partial charge in [-0.05, 0) is 19.1 Å². The Kier molecular flexibility index (Phi) is 6.92. The van der Waals surface area contributed by atoms with Crippen molar-refractivity contribution in [2.45, 2.75) is 43.6 Å². The fraction of sp³-hybridized carbons (Fsp3) is 0.480. The highest BCUT2D eigenvalue weighted by Gasteiger charge is 2.50. The number of nitrogens with zero attached hydrogens (tertiary/aromatic N) is 7. The second-order valence-electron chi connectivity index (χ2n) is 9.93. The summed E-state index contributed by atoms with van der Waals surface area (Å²) in [7, 11) is 0. The van der Waals surface area contributed by atoms with Crippen LogP contribution in [0.3, 0.4) is 0 Å². The van der Waals surface area contributed by atoms with Gasteiger partial charge >= 0.3 is 5.97 Å². The van der Waals surface area contributed by atoms with Crippen LogP contribution in [0.25, 0.3) is 5.82 Å². The summed E-state index contributed by atoms with van der Waals surface area (Å²) in [6.45, 7) is 4.12. The number of morpholine rings is 1. The molecule has 3 aliphatic heterocycles. The van der Waals surface area contributed by atoms with Crippen molar-refractivity contribution >= 4 is 29.1 Å². The van der Waals surface area contributed by atoms with Gasteiger partial charge in [0.15, 0.2) is 11.6 Å². The molecule has 3 aromatic heterocycles. The number of pyridine rings is 1. The predicted octanol–water partition coefficient (Wildman–Crippen LogP) is 2.75. The molecule has 0 unspecified atom stereocenters. The first kappa shape index (κ1) is 26.6. The highest BCUT2D eigenvalue weighted by Crippen LogP contribution is 2.40. The van der Waals surface area contributed by atoms with Gasteiger partial charge in [0.2, 0.25) is 5.88 Å². The lowest BCUT2D eigenvalue weighted by Crippen LogP contribution is -2.68. The van der Waals surface area contributed by atoms with E-state index in [9.17, 15) is 18.7 Å². The van der Waals surface area contributed by atoms with Crippen LogP contribution >= 0.6 is 11.6 Å². The Bertz CT molecular complexity index is 1390. The fourth-order valence-corrected chi connectivity index (χ4v) is 5.50. The highest BCUT2D eigenvalue weighted by atomic mass is 35.5. The minimum atomic E-state index is -2.96.